The minimum Gasteiger partial charge on any atom is -0.441 e. The molecule has 0 saturated heterocycles. The number of halogens is 6. The van der Waals surface area contributed by atoms with Gasteiger partial charge in [-0.05, 0) is 18.4 Å². The van der Waals surface area contributed by atoms with Crippen molar-refractivity contribution < 1.29 is 35.9 Å². The van der Waals surface area contributed by atoms with Crippen LogP contribution in [0.1, 0.15) is 18.6 Å². The fraction of sp³-hybridized carbons (Fsp3) is 0.400. The van der Waals surface area contributed by atoms with Crippen LogP contribution in [0.3, 0.4) is 0 Å². The molecule has 138 valence electrons. The maximum absolute atomic E-state index is 13.0. The summed E-state index contributed by atoms with van der Waals surface area (Å²) in [6.07, 6.45) is -10.3. The van der Waals surface area contributed by atoms with Crippen molar-refractivity contribution in [3.8, 4) is 11.3 Å². The smallest absolute Gasteiger partial charge is 0.435 e. The van der Waals surface area contributed by atoms with Crippen LogP contribution in [0.4, 0.5) is 26.3 Å². The molecule has 1 N–H and O–H groups in total. The van der Waals surface area contributed by atoms with Gasteiger partial charge >= 0.3 is 18.0 Å². The van der Waals surface area contributed by atoms with Gasteiger partial charge < -0.3 is 9.52 Å². The van der Waals surface area contributed by atoms with Gasteiger partial charge in [-0.3, -0.25) is 0 Å². The largest absolute Gasteiger partial charge is 0.441 e. The Labute approximate surface area is 143 Å². The standard InChI is InChI=1S/C15H13F6NO2S/c1-3-10-11(8-4-6-9(25-2)7-5-8)22-12(24-10)13(23,14(16,17)18)15(19,20)21/h4-7,23H,3H2,1-2H3. The number of thioether (sulfide) groups is 1. The predicted molar refractivity (Wildman–Crippen MR) is 79.1 cm³/mol. The molecule has 1 heterocycles. The third-order valence-corrected chi connectivity index (χ3v) is 4.26. The van der Waals surface area contributed by atoms with Gasteiger partial charge in [-0.2, -0.15) is 26.3 Å². The van der Waals surface area contributed by atoms with Crippen LogP contribution < -0.4 is 0 Å². The molecule has 0 saturated carbocycles. The minimum absolute atomic E-state index is 0.00158. The molecule has 0 bridgehead atoms. The first-order valence-electron chi connectivity index (χ1n) is 6.96. The monoisotopic (exact) mass is 385 g/mol. The molecule has 2 aromatic rings. The molecule has 0 radical (unpaired) electrons. The van der Waals surface area contributed by atoms with E-state index >= 15 is 0 Å². The summed E-state index contributed by atoms with van der Waals surface area (Å²) in [5.41, 5.74) is -5.06. The van der Waals surface area contributed by atoms with Crippen molar-refractivity contribution in [2.45, 2.75) is 36.2 Å². The summed E-state index contributed by atoms with van der Waals surface area (Å²) in [5.74, 6) is -2.02. The van der Waals surface area contributed by atoms with Crippen LogP contribution in [0.2, 0.25) is 0 Å². The van der Waals surface area contributed by atoms with Crippen LogP contribution in [-0.4, -0.2) is 28.7 Å². The number of aryl methyl sites for hydroxylation is 1. The van der Waals surface area contributed by atoms with Crippen molar-refractivity contribution in [1.29, 1.82) is 0 Å². The molecule has 0 spiro atoms. The lowest BCUT2D eigenvalue weighted by Gasteiger charge is -2.29. The molecule has 25 heavy (non-hydrogen) atoms. The molecule has 0 amide bonds. The molecule has 0 aliphatic rings. The van der Waals surface area contributed by atoms with Crippen LogP contribution in [0.5, 0.6) is 0 Å². The van der Waals surface area contributed by atoms with Gasteiger partial charge in [0.25, 0.3) is 0 Å². The molecule has 0 aliphatic heterocycles. The normalized spacial score (nSPS) is 13.3. The first kappa shape index (κ1) is 19.6. The number of rotatable bonds is 4. The highest BCUT2D eigenvalue weighted by Gasteiger charge is 2.74. The average molecular weight is 385 g/mol. The minimum atomic E-state index is -6.04. The van der Waals surface area contributed by atoms with Gasteiger partial charge in [-0.25, -0.2) is 4.98 Å². The van der Waals surface area contributed by atoms with Crippen LogP contribution in [0.25, 0.3) is 11.3 Å². The van der Waals surface area contributed by atoms with E-state index < -0.39 is 23.8 Å². The SMILES string of the molecule is CCc1oc(C(O)(C(F)(F)F)C(F)(F)F)nc1-c1ccc(SC)cc1. The van der Waals surface area contributed by atoms with Gasteiger partial charge in [0.05, 0.1) is 0 Å². The molecule has 0 aliphatic carbocycles. The molecular formula is C15H13F6NO2S. The summed E-state index contributed by atoms with van der Waals surface area (Å²) >= 11 is 1.42. The topological polar surface area (TPSA) is 46.3 Å². The van der Waals surface area contributed by atoms with Crippen molar-refractivity contribution in [2.75, 3.05) is 6.26 Å². The van der Waals surface area contributed by atoms with Gasteiger partial charge in [-0.1, -0.05) is 19.1 Å². The van der Waals surface area contributed by atoms with Crippen LogP contribution >= 0.6 is 11.8 Å². The Balaban J connectivity index is 2.62. The quantitative estimate of drug-likeness (QED) is 0.598. The number of hydrogen-bond acceptors (Lipinski definition) is 4. The number of aliphatic hydroxyl groups is 1. The summed E-state index contributed by atoms with van der Waals surface area (Å²) in [7, 11) is 0. The van der Waals surface area contributed by atoms with E-state index in [1.54, 1.807) is 12.1 Å². The maximum Gasteiger partial charge on any atom is 0.435 e. The Morgan fingerprint density at radius 2 is 1.56 bits per heavy atom. The molecular weight excluding hydrogens is 372 g/mol. The lowest BCUT2D eigenvalue weighted by atomic mass is 10.0. The predicted octanol–water partition coefficient (Wildman–Crippen LogP) is 4.94. The van der Waals surface area contributed by atoms with E-state index in [9.17, 15) is 31.4 Å². The summed E-state index contributed by atoms with van der Waals surface area (Å²) in [4.78, 5) is 4.20. The van der Waals surface area contributed by atoms with Gasteiger partial charge in [0.15, 0.2) is 0 Å². The van der Waals surface area contributed by atoms with E-state index in [0.717, 1.165) is 4.90 Å². The van der Waals surface area contributed by atoms with Crippen LogP contribution in [-0.2, 0) is 12.0 Å². The third kappa shape index (κ3) is 3.37. The second kappa shape index (κ2) is 6.56. The van der Waals surface area contributed by atoms with E-state index in [2.05, 4.69) is 9.40 Å². The Kier molecular flexibility index (Phi) is 5.16. The average Bonchev–Trinajstić information content (AvgIpc) is 2.96. The number of alkyl halides is 6. The first-order chi connectivity index (χ1) is 11.5. The zero-order valence-electron chi connectivity index (χ0n) is 13.0. The third-order valence-electron chi connectivity index (χ3n) is 3.51. The van der Waals surface area contributed by atoms with Gasteiger partial charge in [-0.15, -0.1) is 11.8 Å². The van der Waals surface area contributed by atoms with E-state index in [1.165, 1.54) is 30.8 Å². The summed E-state index contributed by atoms with van der Waals surface area (Å²) in [6.45, 7) is 1.49. The lowest BCUT2D eigenvalue weighted by molar-refractivity contribution is -0.382. The van der Waals surface area contributed by atoms with Crippen LogP contribution in [0, 0.1) is 0 Å². The van der Waals surface area contributed by atoms with Gasteiger partial charge in [0.2, 0.25) is 5.89 Å². The molecule has 3 nitrogen and oxygen atoms in total. The van der Waals surface area contributed by atoms with Crippen molar-refractivity contribution in [2.24, 2.45) is 0 Å². The highest BCUT2D eigenvalue weighted by atomic mass is 32.2. The van der Waals surface area contributed by atoms with E-state index in [1.807, 2.05) is 6.26 Å². The molecule has 0 atom stereocenters. The number of oxazole rings is 1. The van der Waals surface area contributed by atoms with Gasteiger partial charge in [0.1, 0.15) is 11.5 Å². The fourth-order valence-electron chi connectivity index (χ4n) is 2.12. The summed E-state index contributed by atoms with van der Waals surface area (Å²) < 4.78 is 82.4. The Hall–Kier alpha value is -1.68. The molecule has 0 unspecified atom stereocenters. The van der Waals surface area contributed by atoms with Crippen molar-refractivity contribution >= 4 is 11.8 Å². The zero-order valence-corrected chi connectivity index (χ0v) is 13.8. The lowest BCUT2D eigenvalue weighted by Crippen LogP contribution is -2.54. The maximum atomic E-state index is 13.0. The number of nitrogens with zero attached hydrogens (tertiary/aromatic N) is 1. The van der Waals surface area contributed by atoms with E-state index in [4.69, 9.17) is 0 Å². The van der Waals surface area contributed by atoms with E-state index in [0.29, 0.717) is 0 Å². The van der Waals surface area contributed by atoms with Gasteiger partial charge in [0, 0.05) is 16.9 Å². The summed E-state index contributed by atoms with van der Waals surface area (Å²) in [6, 6.07) is 6.31. The Bertz CT molecular complexity index is 722. The Morgan fingerprint density at radius 1 is 1.04 bits per heavy atom. The molecule has 1 aromatic heterocycles. The van der Waals surface area contributed by atoms with Crippen molar-refractivity contribution in [1.82, 2.24) is 4.98 Å². The number of benzene rings is 1. The highest BCUT2D eigenvalue weighted by molar-refractivity contribution is 7.98. The Morgan fingerprint density at radius 3 is 1.96 bits per heavy atom. The molecule has 2 rings (SSSR count). The van der Waals surface area contributed by atoms with Crippen molar-refractivity contribution in [3.63, 3.8) is 0 Å². The molecule has 10 heteroatoms. The second-order valence-corrected chi connectivity index (χ2v) is 5.96. The molecule has 0 fully saturated rings. The summed E-state index contributed by atoms with van der Waals surface area (Å²) in [5, 5.41) is 9.41. The van der Waals surface area contributed by atoms with Crippen LogP contribution in [0.15, 0.2) is 33.6 Å². The fourth-order valence-corrected chi connectivity index (χ4v) is 2.53. The zero-order chi connectivity index (χ0) is 19.0. The molecule has 1 aromatic carbocycles. The number of aromatic nitrogens is 1. The van der Waals surface area contributed by atoms with E-state index in [-0.39, 0.29) is 23.4 Å². The van der Waals surface area contributed by atoms with Crippen molar-refractivity contribution in [3.05, 3.63) is 35.9 Å². The first-order valence-corrected chi connectivity index (χ1v) is 8.18. The second-order valence-electron chi connectivity index (χ2n) is 5.08. The number of hydrogen-bond donors (Lipinski definition) is 1. The highest BCUT2D eigenvalue weighted by Crippen LogP contribution is 2.50.